The molecule has 1 rings (SSSR count). The van der Waals surface area contributed by atoms with Crippen LogP contribution in [0.1, 0.15) is 19.4 Å². The molecule has 1 atom stereocenters. The minimum Gasteiger partial charge on any atom is -0.480 e. The number of nitrogens with one attached hydrogen (secondary N) is 1. The Labute approximate surface area is 115 Å². The summed E-state index contributed by atoms with van der Waals surface area (Å²) < 4.78 is 0. The van der Waals surface area contributed by atoms with Crippen molar-refractivity contribution in [2.24, 2.45) is 0 Å². The zero-order chi connectivity index (χ0) is 13.9. The SMILES string of the molecule is CC(=O)NC(C)(Cc1ccc(Cl)c(Cl)c1)C(=O)O. The summed E-state index contributed by atoms with van der Waals surface area (Å²) in [6.07, 6.45) is 0.124. The third-order valence-electron chi connectivity index (χ3n) is 2.47. The third kappa shape index (κ3) is 3.62. The van der Waals surface area contributed by atoms with E-state index in [4.69, 9.17) is 23.2 Å². The van der Waals surface area contributed by atoms with Gasteiger partial charge in [-0.25, -0.2) is 4.79 Å². The first-order valence-electron chi connectivity index (χ1n) is 5.20. The second kappa shape index (κ2) is 5.59. The van der Waals surface area contributed by atoms with E-state index in [-0.39, 0.29) is 6.42 Å². The van der Waals surface area contributed by atoms with Crippen molar-refractivity contribution in [2.75, 3.05) is 0 Å². The molecule has 1 aromatic carbocycles. The Kier molecular flexibility index (Phi) is 4.59. The lowest BCUT2D eigenvalue weighted by Crippen LogP contribution is -2.53. The molecular formula is C12H13Cl2NO3. The standard InChI is InChI=1S/C12H13Cl2NO3/c1-7(16)15-12(2,11(17)18)6-8-3-4-9(13)10(14)5-8/h3-5H,6H2,1-2H3,(H,15,16)(H,17,18). The van der Waals surface area contributed by atoms with Gasteiger partial charge in [0.1, 0.15) is 5.54 Å². The Morgan fingerprint density at radius 1 is 1.33 bits per heavy atom. The lowest BCUT2D eigenvalue weighted by atomic mass is 9.93. The third-order valence-corrected chi connectivity index (χ3v) is 3.20. The van der Waals surface area contributed by atoms with Gasteiger partial charge in [-0.15, -0.1) is 0 Å². The number of halogens is 2. The van der Waals surface area contributed by atoms with Gasteiger partial charge in [0, 0.05) is 13.3 Å². The van der Waals surface area contributed by atoms with Crippen molar-refractivity contribution in [3.8, 4) is 0 Å². The van der Waals surface area contributed by atoms with E-state index in [1.54, 1.807) is 18.2 Å². The van der Waals surface area contributed by atoms with Crippen LogP contribution in [0.25, 0.3) is 0 Å². The monoisotopic (exact) mass is 289 g/mol. The highest BCUT2D eigenvalue weighted by Gasteiger charge is 2.34. The Balaban J connectivity index is 3.00. The van der Waals surface area contributed by atoms with E-state index < -0.39 is 17.4 Å². The normalized spacial score (nSPS) is 13.8. The van der Waals surface area contributed by atoms with E-state index >= 15 is 0 Å². The number of aliphatic carboxylic acids is 1. The quantitative estimate of drug-likeness (QED) is 0.895. The molecule has 0 saturated heterocycles. The van der Waals surface area contributed by atoms with Crippen LogP contribution in [0, 0.1) is 0 Å². The molecule has 0 aliphatic carbocycles. The van der Waals surface area contributed by atoms with E-state index in [1.165, 1.54) is 13.8 Å². The van der Waals surface area contributed by atoms with Crippen molar-refractivity contribution in [2.45, 2.75) is 25.8 Å². The van der Waals surface area contributed by atoms with Gasteiger partial charge in [-0.1, -0.05) is 29.3 Å². The summed E-state index contributed by atoms with van der Waals surface area (Å²) in [6.45, 7) is 2.72. The zero-order valence-corrected chi connectivity index (χ0v) is 11.5. The second-order valence-corrected chi connectivity index (χ2v) is 5.06. The number of carboxylic acid groups (broad SMARTS) is 1. The molecule has 0 fully saturated rings. The van der Waals surface area contributed by atoms with Gasteiger partial charge in [0.25, 0.3) is 0 Å². The molecule has 1 amide bonds. The van der Waals surface area contributed by atoms with Crippen LogP contribution in [0.15, 0.2) is 18.2 Å². The molecule has 0 radical (unpaired) electrons. The molecule has 0 aliphatic rings. The highest BCUT2D eigenvalue weighted by atomic mass is 35.5. The van der Waals surface area contributed by atoms with E-state index in [0.29, 0.717) is 15.6 Å². The maximum Gasteiger partial charge on any atom is 0.329 e. The number of hydrogen-bond donors (Lipinski definition) is 2. The van der Waals surface area contributed by atoms with Gasteiger partial charge < -0.3 is 10.4 Å². The smallest absolute Gasteiger partial charge is 0.329 e. The van der Waals surface area contributed by atoms with Crippen molar-refractivity contribution in [1.29, 1.82) is 0 Å². The number of hydrogen-bond acceptors (Lipinski definition) is 2. The largest absolute Gasteiger partial charge is 0.480 e. The summed E-state index contributed by atoms with van der Waals surface area (Å²) >= 11 is 11.6. The van der Waals surface area contributed by atoms with Crippen LogP contribution in [-0.2, 0) is 16.0 Å². The van der Waals surface area contributed by atoms with Crippen molar-refractivity contribution in [3.05, 3.63) is 33.8 Å². The van der Waals surface area contributed by atoms with Crippen molar-refractivity contribution >= 4 is 35.1 Å². The topological polar surface area (TPSA) is 66.4 Å². The van der Waals surface area contributed by atoms with Crippen LogP contribution in [-0.4, -0.2) is 22.5 Å². The summed E-state index contributed by atoms with van der Waals surface area (Å²) in [5.74, 6) is -1.51. The first-order valence-corrected chi connectivity index (χ1v) is 5.96. The zero-order valence-electron chi connectivity index (χ0n) is 9.96. The molecule has 0 saturated carbocycles. The molecule has 18 heavy (non-hydrogen) atoms. The Morgan fingerprint density at radius 2 is 1.94 bits per heavy atom. The fourth-order valence-electron chi connectivity index (χ4n) is 1.62. The molecule has 6 heteroatoms. The summed E-state index contributed by atoms with van der Waals surface area (Å²) in [7, 11) is 0. The molecule has 0 spiro atoms. The van der Waals surface area contributed by atoms with Crippen molar-refractivity contribution < 1.29 is 14.7 Å². The van der Waals surface area contributed by atoms with Crippen LogP contribution in [0.5, 0.6) is 0 Å². The van der Waals surface area contributed by atoms with E-state index in [1.807, 2.05) is 0 Å². The first-order chi connectivity index (χ1) is 8.24. The lowest BCUT2D eigenvalue weighted by Gasteiger charge is -2.25. The second-order valence-electron chi connectivity index (χ2n) is 4.24. The van der Waals surface area contributed by atoms with E-state index in [0.717, 1.165) is 0 Å². The molecule has 0 heterocycles. The average Bonchev–Trinajstić information content (AvgIpc) is 2.22. The maximum absolute atomic E-state index is 11.2. The van der Waals surface area contributed by atoms with Gasteiger partial charge in [0.15, 0.2) is 0 Å². The van der Waals surface area contributed by atoms with Crippen LogP contribution in [0.3, 0.4) is 0 Å². The van der Waals surface area contributed by atoms with Crippen LogP contribution < -0.4 is 5.32 Å². The first kappa shape index (κ1) is 14.8. The number of carbonyl (C=O) groups excluding carboxylic acids is 1. The van der Waals surface area contributed by atoms with Gasteiger partial charge in [0.05, 0.1) is 10.0 Å². The van der Waals surface area contributed by atoms with Gasteiger partial charge in [-0.3, -0.25) is 4.79 Å². The van der Waals surface area contributed by atoms with Gasteiger partial charge in [-0.2, -0.15) is 0 Å². The number of amides is 1. The molecule has 0 bridgehead atoms. The summed E-state index contributed by atoms with van der Waals surface area (Å²) in [6, 6.07) is 4.86. The fraction of sp³-hybridized carbons (Fsp3) is 0.333. The fourth-order valence-corrected chi connectivity index (χ4v) is 1.94. The molecule has 0 aromatic heterocycles. The molecular weight excluding hydrogens is 277 g/mol. The Hall–Kier alpha value is -1.26. The predicted molar refractivity (Wildman–Crippen MR) is 70.0 cm³/mol. The molecule has 1 unspecified atom stereocenters. The van der Waals surface area contributed by atoms with Gasteiger partial charge >= 0.3 is 5.97 Å². The highest BCUT2D eigenvalue weighted by Crippen LogP contribution is 2.24. The summed E-state index contributed by atoms with van der Waals surface area (Å²) in [5.41, 5.74) is -0.689. The van der Waals surface area contributed by atoms with Crippen LogP contribution >= 0.6 is 23.2 Å². The highest BCUT2D eigenvalue weighted by molar-refractivity contribution is 6.42. The van der Waals surface area contributed by atoms with E-state index in [2.05, 4.69) is 5.32 Å². The van der Waals surface area contributed by atoms with Crippen molar-refractivity contribution in [1.82, 2.24) is 5.32 Å². The predicted octanol–water partition coefficient (Wildman–Crippen LogP) is 2.52. The minimum atomic E-state index is -1.37. The molecule has 98 valence electrons. The minimum absolute atomic E-state index is 0.124. The van der Waals surface area contributed by atoms with E-state index in [9.17, 15) is 14.7 Å². The van der Waals surface area contributed by atoms with Gasteiger partial charge in [0.2, 0.25) is 5.91 Å². The number of carboxylic acids is 1. The number of carbonyl (C=O) groups is 2. The summed E-state index contributed by atoms with van der Waals surface area (Å²) in [4.78, 5) is 22.3. The Bertz CT molecular complexity index is 490. The molecule has 1 aromatic rings. The lowest BCUT2D eigenvalue weighted by molar-refractivity contribution is -0.146. The molecule has 2 N–H and O–H groups in total. The number of rotatable bonds is 4. The summed E-state index contributed by atoms with van der Waals surface area (Å²) in [5, 5.41) is 12.4. The van der Waals surface area contributed by atoms with Crippen molar-refractivity contribution in [3.63, 3.8) is 0 Å². The molecule has 0 aliphatic heterocycles. The Morgan fingerprint density at radius 3 is 2.39 bits per heavy atom. The van der Waals surface area contributed by atoms with Crippen LogP contribution in [0.2, 0.25) is 10.0 Å². The molecule has 4 nitrogen and oxygen atoms in total. The average molecular weight is 290 g/mol. The number of benzene rings is 1. The maximum atomic E-state index is 11.2. The van der Waals surface area contributed by atoms with Crippen LogP contribution in [0.4, 0.5) is 0 Å². The van der Waals surface area contributed by atoms with Gasteiger partial charge in [-0.05, 0) is 24.6 Å².